The number of carbonyl (C=O) groups excluding carboxylic acids is 1. The van der Waals surface area contributed by atoms with Gasteiger partial charge in [0.2, 0.25) is 11.9 Å². The highest BCUT2D eigenvalue weighted by Gasteiger charge is 2.27. The zero-order valence-corrected chi connectivity index (χ0v) is 10.7. The molecular formula is C8H12F3N7O3. The van der Waals surface area contributed by atoms with Gasteiger partial charge in [-0.2, -0.15) is 28.1 Å². The Balaban J connectivity index is 2.73. The molecular weight excluding hydrogens is 299 g/mol. The van der Waals surface area contributed by atoms with Crippen LogP contribution in [0.4, 0.5) is 35.8 Å². The van der Waals surface area contributed by atoms with Gasteiger partial charge in [-0.25, -0.2) is 15.7 Å². The molecule has 0 unspecified atom stereocenters. The Kier molecular flexibility index (Phi) is 5.71. The van der Waals surface area contributed by atoms with E-state index < -0.39 is 30.7 Å². The van der Waals surface area contributed by atoms with Gasteiger partial charge >= 0.3 is 12.3 Å². The van der Waals surface area contributed by atoms with Crippen molar-refractivity contribution in [3.05, 3.63) is 0 Å². The number of halogens is 3. The van der Waals surface area contributed by atoms with Crippen LogP contribution in [0.15, 0.2) is 0 Å². The molecule has 0 saturated carbocycles. The Morgan fingerprint density at radius 2 is 1.86 bits per heavy atom. The van der Waals surface area contributed by atoms with E-state index in [2.05, 4.69) is 25.1 Å². The highest BCUT2D eigenvalue weighted by Crippen LogP contribution is 2.15. The van der Waals surface area contributed by atoms with Crippen molar-refractivity contribution in [3.8, 4) is 0 Å². The molecule has 13 heteroatoms. The van der Waals surface area contributed by atoms with Crippen molar-refractivity contribution in [1.82, 2.24) is 20.4 Å². The number of hydrogen-bond acceptors (Lipinski definition) is 9. The first-order valence-corrected chi connectivity index (χ1v) is 5.49. The number of hydrogen-bond donors (Lipinski definition) is 5. The summed E-state index contributed by atoms with van der Waals surface area (Å²) in [7, 11) is 0. The summed E-state index contributed by atoms with van der Waals surface area (Å²) in [6.45, 7) is 0.314. The molecule has 1 rings (SSSR count). The minimum atomic E-state index is -4.48. The summed E-state index contributed by atoms with van der Waals surface area (Å²) in [5.74, 6) is -1.21. The lowest BCUT2D eigenvalue weighted by molar-refractivity contribution is -0.115. The number of ether oxygens (including phenoxy) is 1. The zero-order valence-electron chi connectivity index (χ0n) is 10.7. The van der Waals surface area contributed by atoms with Gasteiger partial charge in [0.05, 0.1) is 6.61 Å². The summed E-state index contributed by atoms with van der Waals surface area (Å²) in [4.78, 5) is 21.5. The Bertz CT molecular complexity index is 485. The zero-order chi connectivity index (χ0) is 15.9. The normalized spacial score (nSPS) is 10.7. The maximum Gasteiger partial charge on any atom is 0.426 e. The van der Waals surface area contributed by atoms with Gasteiger partial charge in [0, 0.05) is 0 Å². The number of carbonyl (C=O) groups is 1. The molecule has 1 aromatic rings. The van der Waals surface area contributed by atoms with Gasteiger partial charge in [0.15, 0.2) is 0 Å². The van der Waals surface area contributed by atoms with Crippen molar-refractivity contribution in [1.29, 1.82) is 0 Å². The summed E-state index contributed by atoms with van der Waals surface area (Å²) >= 11 is 0. The van der Waals surface area contributed by atoms with E-state index in [0.717, 1.165) is 0 Å². The van der Waals surface area contributed by atoms with Gasteiger partial charge in [0.1, 0.15) is 6.54 Å². The maximum absolute atomic E-state index is 12.1. The summed E-state index contributed by atoms with van der Waals surface area (Å²) in [6, 6.07) is 0. The Hall–Kier alpha value is -2.57. The Morgan fingerprint density at radius 1 is 1.24 bits per heavy atom. The van der Waals surface area contributed by atoms with Gasteiger partial charge < -0.3 is 10.1 Å². The fraction of sp³-hybridized carbons (Fsp3) is 0.500. The SMILES string of the molecule is CCOC(=O)NNc1nc(NO)nc(NCC(F)(F)F)n1. The summed E-state index contributed by atoms with van der Waals surface area (Å²) < 4.78 is 40.8. The molecule has 0 aliphatic rings. The van der Waals surface area contributed by atoms with E-state index in [-0.39, 0.29) is 12.6 Å². The number of rotatable bonds is 6. The number of anilines is 3. The summed E-state index contributed by atoms with van der Waals surface area (Å²) in [5.41, 5.74) is 5.76. The van der Waals surface area contributed by atoms with E-state index >= 15 is 0 Å². The molecule has 0 spiro atoms. The third-order valence-electron chi connectivity index (χ3n) is 1.73. The second-order valence-corrected chi connectivity index (χ2v) is 3.36. The van der Waals surface area contributed by atoms with Crippen molar-refractivity contribution in [2.75, 3.05) is 29.4 Å². The third-order valence-corrected chi connectivity index (χ3v) is 1.73. The van der Waals surface area contributed by atoms with E-state index in [1.54, 1.807) is 12.4 Å². The molecule has 0 aliphatic heterocycles. The molecule has 0 aliphatic carbocycles. The summed E-state index contributed by atoms with van der Waals surface area (Å²) in [5, 5.41) is 10.6. The van der Waals surface area contributed by atoms with Crippen LogP contribution in [-0.4, -0.2) is 45.6 Å². The molecule has 118 valence electrons. The first kappa shape index (κ1) is 16.5. The lowest BCUT2D eigenvalue weighted by Gasteiger charge is -2.11. The van der Waals surface area contributed by atoms with Crippen LogP contribution in [0.2, 0.25) is 0 Å². The van der Waals surface area contributed by atoms with Crippen LogP contribution >= 0.6 is 0 Å². The topological polar surface area (TPSA) is 133 Å². The molecule has 5 N–H and O–H groups in total. The predicted octanol–water partition coefficient (Wildman–Crippen LogP) is 0.720. The van der Waals surface area contributed by atoms with Crippen molar-refractivity contribution in [3.63, 3.8) is 0 Å². The lowest BCUT2D eigenvalue weighted by atomic mass is 10.6. The number of nitrogens with zero attached hydrogens (tertiary/aromatic N) is 3. The molecule has 0 fully saturated rings. The van der Waals surface area contributed by atoms with E-state index in [9.17, 15) is 18.0 Å². The van der Waals surface area contributed by atoms with Crippen LogP contribution in [0, 0.1) is 0 Å². The van der Waals surface area contributed by atoms with Gasteiger partial charge in [-0.05, 0) is 6.92 Å². The highest BCUT2D eigenvalue weighted by atomic mass is 19.4. The van der Waals surface area contributed by atoms with Crippen LogP contribution in [0.25, 0.3) is 0 Å². The fourth-order valence-electron chi connectivity index (χ4n) is 1.01. The Labute approximate surface area is 116 Å². The average Bonchev–Trinajstić information content (AvgIpc) is 2.42. The highest BCUT2D eigenvalue weighted by molar-refractivity contribution is 5.68. The first-order chi connectivity index (χ1) is 9.84. The van der Waals surface area contributed by atoms with Crippen LogP contribution in [0.3, 0.4) is 0 Å². The number of nitrogens with one attached hydrogen (secondary N) is 4. The maximum atomic E-state index is 12.1. The third kappa shape index (κ3) is 6.42. The minimum Gasteiger partial charge on any atom is -0.449 e. The lowest BCUT2D eigenvalue weighted by Crippen LogP contribution is -2.31. The summed E-state index contributed by atoms with van der Waals surface area (Å²) in [6.07, 6.45) is -5.32. The van der Waals surface area contributed by atoms with Crippen LogP contribution < -0.4 is 21.6 Å². The first-order valence-electron chi connectivity index (χ1n) is 5.49. The number of amides is 1. The smallest absolute Gasteiger partial charge is 0.426 e. The largest absolute Gasteiger partial charge is 0.449 e. The van der Waals surface area contributed by atoms with E-state index in [1.165, 1.54) is 0 Å². The van der Waals surface area contributed by atoms with Crippen molar-refractivity contribution < 1.29 is 27.9 Å². The van der Waals surface area contributed by atoms with Crippen LogP contribution in [0.1, 0.15) is 6.92 Å². The predicted molar refractivity (Wildman–Crippen MR) is 63.6 cm³/mol. The molecule has 21 heavy (non-hydrogen) atoms. The van der Waals surface area contributed by atoms with E-state index in [0.29, 0.717) is 0 Å². The molecule has 1 heterocycles. The molecule has 10 nitrogen and oxygen atoms in total. The van der Waals surface area contributed by atoms with Gasteiger partial charge in [0.25, 0.3) is 5.95 Å². The molecule has 0 aromatic carbocycles. The monoisotopic (exact) mass is 311 g/mol. The van der Waals surface area contributed by atoms with Gasteiger partial charge in [-0.3, -0.25) is 10.6 Å². The van der Waals surface area contributed by atoms with E-state index in [4.69, 9.17) is 5.21 Å². The fourth-order valence-corrected chi connectivity index (χ4v) is 1.01. The van der Waals surface area contributed by atoms with Crippen LogP contribution in [0.5, 0.6) is 0 Å². The van der Waals surface area contributed by atoms with Crippen molar-refractivity contribution >= 4 is 23.9 Å². The van der Waals surface area contributed by atoms with Crippen molar-refractivity contribution in [2.45, 2.75) is 13.1 Å². The Morgan fingerprint density at radius 3 is 2.43 bits per heavy atom. The standard InChI is InChI=1S/C8H12F3N7O3/c1-2-21-7(19)17-16-5-13-4(12-3-8(9,10)11)14-6(15-5)18-20/h20H,2-3H2,1H3,(H,17,19)(H3,12,13,14,15,16,18). The second-order valence-electron chi connectivity index (χ2n) is 3.36. The molecule has 0 radical (unpaired) electrons. The van der Waals surface area contributed by atoms with Crippen molar-refractivity contribution in [2.24, 2.45) is 0 Å². The molecule has 0 atom stereocenters. The van der Waals surface area contributed by atoms with Gasteiger partial charge in [-0.15, -0.1) is 0 Å². The average molecular weight is 311 g/mol. The molecule has 0 bridgehead atoms. The second kappa shape index (κ2) is 7.28. The number of hydrazine groups is 1. The number of alkyl halides is 3. The molecule has 1 amide bonds. The van der Waals surface area contributed by atoms with E-state index in [1.807, 2.05) is 10.7 Å². The van der Waals surface area contributed by atoms with Gasteiger partial charge in [-0.1, -0.05) is 0 Å². The molecule has 1 aromatic heterocycles. The molecule has 0 saturated heterocycles. The quantitative estimate of drug-likeness (QED) is 0.482. The minimum absolute atomic E-state index is 0.118. The number of aromatic nitrogens is 3. The van der Waals surface area contributed by atoms with Crippen LogP contribution in [-0.2, 0) is 4.74 Å².